The van der Waals surface area contributed by atoms with E-state index in [-0.39, 0.29) is 24.3 Å². The average Bonchev–Trinajstić information content (AvgIpc) is 2.47. The number of hydrogen-bond acceptors (Lipinski definition) is 2. The Morgan fingerprint density at radius 1 is 1.35 bits per heavy atom. The second-order valence-corrected chi connectivity index (χ2v) is 4.96. The third-order valence-corrected chi connectivity index (χ3v) is 3.54. The Balaban J connectivity index is 1.86. The minimum absolute atomic E-state index is 0.0314. The van der Waals surface area contributed by atoms with E-state index in [9.17, 15) is 9.59 Å². The van der Waals surface area contributed by atoms with Crippen molar-refractivity contribution in [3.8, 4) is 0 Å². The van der Waals surface area contributed by atoms with E-state index in [4.69, 9.17) is 0 Å². The molecule has 0 aliphatic heterocycles. The summed E-state index contributed by atoms with van der Waals surface area (Å²) < 4.78 is 0. The molecule has 2 amide bonds. The number of aryl methyl sites for hydroxylation is 1. The van der Waals surface area contributed by atoms with E-state index in [1.165, 1.54) is 17.2 Å². The molecule has 106 valence electrons. The molecular formula is C16H20N2O2. The molecule has 0 saturated carbocycles. The molecule has 4 nitrogen and oxygen atoms in total. The molecule has 0 unspecified atom stereocenters. The maximum atomic E-state index is 11.9. The Bertz CT molecular complexity index is 511. The van der Waals surface area contributed by atoms with Crippen molar-refractivity contribution in [3.63, 3.8) is 0 Å². The van der Waals surface area contributed by atoms with Gasteiger partial charge in [-0.05, 0) is 36.5 Å². The Kier molecular flexibility index (Phi) is 4.93. The molecule has 1 aliphatic rings. The molecule has 0 fully saturated rings. The van der Waals surface area contributed by atoms with Gasteiger partial charge >= 0.3 is 0 Å². The third kappa shape index (κ3) is 3.70. The lowest BCUT2D eigenvalue weighted by atomic mass is 9.88. The highest BCUT2D eigenvalue weighted by molar-refractivity contribution is 5.87. The summed E-state index contributed by atoms with van der Waals surface area (Å²) in [5.41, 5.74) is 2.55. The van der Waals surface area contributed by atoms with Crippen LogP contribution in [-0.4, -0.2) is 18.4 Å². The maximum absolute atomic E-state index is 11.9. The van der Waals surface area contributed by atoms with Gasteiger partial charge in [-0.25, -0.2) is 0 Å². The molecule has 0 heterocycles. The molecule has 1 aromatic carbocycles. The van der Waals surface area contributed by atoms with E-state index in [0.29, 0.717) is 6.54 Å². The zero-order valence-corrected chi connectivity index (χ0v) is 11.5. The molecular weight excluding hydrogens is 252 g/mol. The van der Waals surface area contributed by atoms with Crippen LogP contribution in [0.4, 0.5) is 0 Å². The van der Waals surface area contributed by atoms with Crippen LogP contribution in [0, 0.1) is 0 Å². The van der Waals surface area contributed by atoms with Crippen molar-refractivity contribution in [2.24, 2.45) is 0 Å². The molecule has 4 heteroatoms. The van der Waals surface area contributed by atoms with Gasteiger partial charge in [-0.2, -0.15) is 0 Å². The highest BCUT2D eigenvalue weighted by atomic mass is 16.2. The van der Waals surface area contributed by atoms with Gasteiger partial charge in [-0.1, -0.05) is 30.8 Å². The molecule has 0 radical (unpaired) electrons. The van der Waals surface area contributed by atoms with E-state index >= 15 is 0 Å². The Hall–Kier alpha value is -2.10. The summed E-state index contributed by atoms with van der Waals surface area (Å²) in [5.74, 6) is -0.281. The lowest BCUT2D eigenvalue weighted by Crippen LogP contribution is -2.33. The minimum Gasteiger partial charge on any atom is -0.352 e. The number of amides is 2. The van der Waals surface area contributed by atoms with E-state index in [2.05, 4.69) is 29.3 Å². The van der Waals surface area contributed by atoms with Crippen molar-refractivity contribution in [3.05, 3.63) is 48.0 Å². The Labute approximate surface area is 119 Å². The molecule has 2 N–H and O–H groups in total. The quantitative estimate of drug-likeness (QED) is 0.804. The van der Waals surface area contributed by atoms with Gasteiger partial charge in [0.2, 0.25) is 11.8 Å². The second kappa shape index (κ2) is 6.89. The lowest BCUT2D eigenvalue weighted by Gasteiger charge is -2.26. The monoisotopic (exact) mass is 272 g/mol. The summed E-state index contributed by atoms with van der Waals surface area (Å²) in [5, 5.41) is 5.65. The molecule has 1 aliphatic carbocycles. The van der Waals surface area contributed by atoms with Gasteiger partial charge < -0.3 is 10.6 Å². The Morgan fingerprint density at radius 2 is 2.15 bits per heavy atom. The summed E-state index contributed by atoms with van der Waals surface area (Å²) in [6.45, 7) is 3.70. The Morgan fingerprint density at radius 3 is 2.95 bits per heavy atom. The average molecular weight is 272 g/mol. The van der Waals surface area contributed by atoms with Crippen molar-refractivity contribution in [2.45, 2.75) is 31.7 Å². The smallest absolute Gasteiger partial charge is 0.243 e. The van der Waals surface area contributed by atoms with Crippen LogP contribution in [0.5, 0.6) is 0 Å². The van der Waals surface area contributed by atoms with Crippen molar-refractivity contribution in [2.75, 3.05) is 6.54 Å². The predicted molar refractivity (Wildman–Crippen MR) is 78.1 cm³/mol. The van der Waals surface area contributed by atoms with Crippen LogP contribution in [0.1, 0.15) is 36.4 Å². The first-order chi connectivity index (χ1) is 9.70. The lowest BCUT2D eigenvalue weighted by molar-refractivity contribution is -0.122. The van der Waals surface area contributed by atoms with Crippen LogP contribution in [0.3, 0.4) is 0 Å². The molecule has 1 atom stereocenters. The maximum Gasteiger partial charge on any atom is 0.243 e. The number of benzene rings is 1. The van der Waals surface area contributed by atoms with E-state index in [1.54, 1.807) is 0 Å². The highest BCUT2D eigenvalue weighted by Crippen LogP contribution is 2.29. The van der Waals surface area contributed by atoms with Crippen LogP contribution in [0.25, 0.3) is 0 Å². The van der Waals surface area contributed by atoms with Crippen LogP contribution < -0.4 is 10.6 Å². The van der Waals surface area contributed by atoms with Gasteiger partial charge in [0.15, 0.2) is 0 Å². The number of carbonyl (C=O) groups is 2. The molecule has 0 spiro atoms. The van der Waals surface area contributed by atoms with Crippen molar-refractivity contribution >= 4 is 11.8 Å². The zero-order chi connectivity index (χ0) is 14.4. The summed E-state index contributed by atoms with van der Waals surface area (Å²) in [6, 6.07) is 8.35. The van der Waals surface area contributed by atoms with Gasteiger partial charge in [0.1, 0.15) is 0 Å². The van der Waals surface area contributed by atoms with Gasteiger partial charge in [-0.3, -0.25) is 9.59 Å². The fourth-order valence-electron chi connectivity index (χ4n) is 2.54. The first kappa shape index (κ1) is 14.3. The van der Waals surface area contributed by atoms with E-state index in [0.717, 1.165) is 19.3 Å². The van der Waals surface area contributed by atoms with E-state index in [1.807, 2.05) is 12.1 Å². The van der Waals surface area contributed by atoms with Crippen LogP contribution in [0.2, 0.25) is 0 Å². The number of fused-ring (bicyclic) bond motifs is 1. The third-order valence-electron chi connectivity index (χ3n) is 3.54. The topological polar surface area (TPSA) is 58.2 Å². The number of nitrogens with one attached hydrogen (secondary N) is 2. The minimum atomic E-state index is -0.249. The van der Waals surface area contributed by atoms with Crippen LogP contribution >= 0.6 is 0 Å². The highest BCUT2D eigenvalue weighted by Gasteiger charge is 2.20. The number of rotatable bonds is 5. The normalized spacial score (nSPS) is 16.9. The summed E-state index contributed by atoms with van der Waals surface area (Å²) in [4.78, 5) is 22.9. The van der Waals surface area contributed by atoms with Crippen molar-refractivity contribution in [1.82, 2.24) is 10.6 Å². The standard InChI is InChI=1S/C16H20N2O2/c1-2-15(19)17-11-10-16(20)18-14-9-5-7-12-6-3-4-8-13(12)14/h2-4,6,8,14H,1,5,7,9-11H2,(H,17,19)(H,18,20)/t14-/m1/s1. The number of carbonyl (C=O) groups excluding carboxylic acids is 2. The number of hydrogen-bond donors (Lipinski definition) is 2. The largest absolute Gasteiger partial charge is 0.352 e. The van der Waals surface area contributed by atoms with E-state index < -0.39 is 0 Å². The van der Waals surface area contributed by atoms with Gasteiger partial charge in [0, 0.05) is 13.0 Å². The summed E-state index contributed by atoms with van der Waals surface area (Å²) in [7, 11) is 0. The van der Waals surface area contributed by atoms with Crippen LogP contribution in [-0.2, 0) is 16.0 Å². The molecule has 0 bridgehead atoms. The molecule has 20 heavy (non-hydrogen) atoms. The molecule has 2 rings (SSSR count). The molecule has 1 aromatic rings. The van der Waals surface area contributed by atoms with Gasteiger partial charge in [0.25, 0.3) is 0 Å². The van der Waals surface area contributed by atoms with Crippen molar-refractivity contribution in [1.29, 1.82) is 0 Å². The first-order valence-electron chi connectivity index (χ1n) is 6.98. The van der Waals surface area contributed by atoms with Gasteiger partial charge in [-0.15, -0.1) is 0 Å². The molecule has 0 saturated heterocycles. The summed E-state index contributed by atoms with van der Waals surface area (Å²) >= 11 is 0. The second-order valence-electron chi connectivity index (χ2n) is 4.96. The fourth-order valence-corrected chi connectivity index (χ4v) is 2.54. The van der Waals surface area contributed by atoms with Gasteiger partial charge in [0.05, 0.1) is 6.04 Å². The predicted octanol–water partition coefficient (Wildman–Crippen LogP) is 1.87. The van der Waals surface area contributed by atoms with Crippen LogP contribution in [0.15, 0.2) is 36.9 Å². The SMILES string of the molecule is C=CC(=O)NCCC(=O)N[C@@H]1CCCc2ccccc21. The summed E-state index contributed by atoms with van der Waals surface area (Å²) in [6.07, 6.45) is 4.64. The first-order valence-corrected chi connectivity index (χ1v) is 6.98. The molecule has 0 aromatic heterocycles. The fraction of sp³-hybridized carbons (Fsp3) is 0.375. The van der Waals surface area contributed by atoms with Crippen molar-refractivity contribution < 1.29 is 9.59 Å². The zero-order valence-electron chi connectivity index (χ0n) is 11.5.